The molecule has 1 aliphatic carbocycles. The molecule has 7 N–H and O–H groups in total. The molecule has 2 rings (SSSR count). The van der Waals surface area contributed by atoms with E-state index in [0.29, 0.717) is 71.7 Å². The second kappa shape index (κ2) is 35.9. The maximum atomic E-state index is 13.6. The molecule has 0 aromatic heterocycles. The van der Waals surface area contributed by atoms with Crippen molar-refractivity contribution in [1.82, 2.24) is 16.0 Å². The van der Waals surface area contributed by atoms with E-state index in [1.165, 1.54) is 6.92 Å². The Balaban J connectivity index is 1.88. The summed E-state index contributed by atoms with van der Waals surface area (Å²) in [5.41, 5.74) is -1.13. The zero-order chi connectivity index (χ0) is 50.2. The van der Waals surface area contributed by atoms with E-state index in [1.54, 1.807) is 7.11 Å². The van der Waals surface area contributed by atoms with Crippen LogP contribution in [-0.4, -0.2) is 197 Å². The van der Waals surface area contributed by atoms with E-state index in [2.05, 4.69) is 16.0 Å². The van der Waals surface area contributed by atoms with E-state index in [9.17, 15) is 49.2 Å². The maximum Gasteiger partial charge on any atom is 0.229 e. The number of ketones is 3. The summed E-state index contributed by atoms with van der Waals surface area (Å²) >= 11 is 0. The zero-order valence-electron chi connectivity index (χ0n) is 40.9. The lowest BCUT2D eigenvalue weighted by atomic mass is 9.81. The molecule has 1 aliphatic heterocycles. The summed E-state index contributed by atoms with van der Waals surface area (Å²) in [6.07, 6.45) is -2.34. The fourth-order valence-electron chi connectivity index (χ4n) is 8.24. The third kappa shape index (κ3) is 25.7. The molecular weight excluding hydrogens is 895 g/mol. The summed E-state index contributed by atoms with van der Waals surface area (Å²) in [6.45, 7) is 8.33. The van der Waals surface area contributed by atoms with E-state index in [-0.39, 0.29) is 121 Å². The Labute approximate surface area is 401 Å². The van der Waals surface area contributed by atoms with Crippen LogP contribution in [0.2, 0.25) is 0 Å². The number of amides is 3. The second-order valence-electron chi connectivity index (χ2n) is 17.5. The van der Waals surface area contributed by atoms with Crippen molar-refractivity contribution in [2.45, 2.75) is 165 Å². The van der Waals surface area contributed by atoms with Crippen LogP contribution in [0.4, 0.5) is 0 Å². The van der Waals surface area contributed by atoms with Gasteiger partial charge in [-0.1, -0.05) is 0 Å². The van der Waals surface area contributed by atoms with Crippen LogP contribution in [0.15, 0.2) is 0 Å². The number of hydrogen-bond acceptors (Lipinski definition) is 18. The van der Waals surface area contributed by atoms with Gasteiger partial charge in [-0.15, -0.1) is 0 Å². The molecule has 2 fully saturated rings. The van der Waals surface area contributed by atoms with Crippen molar-refractivity contribution in [3.8, 4) is 0 Å². The molecule has 0 aromatic rings. The maximum absolute atomic E-state index is 13.6. The highest BCUT2D eigenvalue weighted by molar-refractivity contribution is 5.97. The zero-order valence-corrected chi connectivity index (χ0v) is 40.9. The van der Waals surface area contributed by atoms with Crippen molar-refractivity contribution < 1.29 is 87.1 Å². The number of carbonyl (C=O) groups is 6. The van der Waals surface area contributed by atoms with Gasteiger partial charge in [-0.2, -0.15) is 0 Å². The van der Waals surface area contributed by atoms with Gasteiger partial charge in [0.25, 0.3) is 0 Å². The van der Waals surface area contributed by atoms with Gasteiger partial charge in [0.1, 0.15) is 48.1 Å². The molecule has 3 amide bonds. The lowest BCUT2D eigenvalue weighted by Gasteiger charge is -2.42. The second-order valence-corrected chi connectivity index (χ2v) is 17.5. The van der Waals surface area contributed by atoms with Crippen LogP contribution in [0.25, 0.3) is 0 Å². The Kier molecular flexibility index (Phi) is 32.3. The molecule has 68 heavy (non-hydrogen) atoms. The molecule has 8 atom stereocenters. The molecule has 2 aliphatic rings. The van der Waals surface area contributed by atoms with E-state index >= 15 is 0 Å². The summed E-state index contributed by atoms with van der Waals surface area (Å²) in [4.78, 5) is 77.7. The van der Waals surface area contributed by atoms with E-state index in [0.717, 1.165) is 0 Å². The molecule has 1 saturated heterocycles. The SMILES string of the molecule is CCOCCCC(=O)CCC(CCC(=O)CCCOCC)(CCC(=O)CCCOCCOCCOCCOC1O[C@H](CO)[C@H](O)[C@H](O)[C@H]1NC(C)=O)NC(=O)CC(=O)NC1CC(COC)CC1O. The predicted molar refractivity (Wildman–Crippen MR) is 245 cm³/mol. The summed E-state index contributed by atoms with van der Waals surface area (Å²) in [7, 11) is 1.57. The number of rotatable bonds is 41. The molecule has 21 heteroatoms. The summed E-state index contributed by atoms with van der Waals surface area (Å²) in [5.74, 6) is -1.72. The smallest absolute Gasteiger partial charge is 0.229 e. The van der Waals surface area contributed by atoms with Gasteiger partial charge >= 0.3 is 0 Å². The number of aliphatic hydroxyl groups is 4. The predicted octanol–water partition coefficient (Wildman–Crippen LogP) is 0.605. The number of hydrogen-bond donors (Lipinski definition) is 7. The Morgan fingerprint density at radius 3 is 1.62 bits per heavy atom. The summed E-state index contributed by atoms with van der Waals surface area (Å²) in [6, 6.07) is -1.57. The van der Waals surface area contributed by atoms with Gasteiger partial charge in [-0.3, -0.25) is 28.8 Å². The number of Topliss-reactive ketones (excluding diaryl/α,β-unsaturated/α-hetero) is 3. The minimum atomic E-state index is -1.41. The normalized spacial score (nSPS) is 22.8. The first-order chi connectivity index (χ1) is 32.7. The summed E-state index contributed by atoms with van der Waals surface area (Å²) < 4.78 is 43.8. The van der Waals surface area contributed by atoms with Crippen molar-refractivity contribution in [2.24, 2.45) is 5.92 Å². The van der Waals surface area contributed by atoms with E-state index < -0.39 is 79.1 Å². The molecule has 1 heterocycles. The van der Waals surface area contributed by atoms with Gasteiger partial charge in [0.15, 0.2) is 6.29 Å². The Bertz CT molecular complexity index is 1430. The van der Waals surface area contributed by atoms with Gasteiger partial charge in [0, 0.05) is 97.7 Å². The monoisotopic (exact) mass is 978 g/mol. The molecular formula is C47H83N3O18. The average molecular weight is 978 g/mol. The molecule has 1 saturated carbocycles. The van der Waals surface area contributed by atoms with Crippen LogP contribution in [0, 0.1) is 5.92 Å². The van der Waals surface area contributed by atoms with Crippen LogP contribution in [0.3, 0.4) is 0 Å². The van der Waals surface area contributed by atoms with Crippen molar-refractivity contribution >= 4 is 35.1 Å². The number of carbonyl (C=O) groups excluding carboxylic acids is 6. The lowest BCUT2D eigenvalue weighted by Crippen LogP contribution is -2.64. The third-order valence-electron chi connectivity index (χ3n) is 11.9. The van der Waals surface area contributed by atoms with Crippen LogP contribution in [-0.2, 0) is 66.7 Å². The van der Waals surface area contributed by atoms with Gasteiger partial charge in [0.05, 0.1) is 58.4 Å². The molecule has 0 aromatic carbocycles. The standard InChI is InChI=1S/C47H83N3O18/c1-5-62-19-7-10-35(53)13-16-47(17-14-36(54)11-8-20-63-6-2,50-42(58)30-41(57)49-38-28-34(32-61-4)29-39(38)56)18-15-37(55)12-9-21-64-22-23-65-24-25-66-26-27-67-46-43(48-33(3)52)45(60)44(59)40(31-51)68-46/h34,38-40,43-46,51,56,59-60H,5-32H2,1-4H3,(H,48,52)(H,49,57)(H,50,58)/t34?,38?,39?,40-,43-,44+,45-,46?/m1/s1. The minimum Gasteiger partial charge on any atom is -0.394 e. The van der Waals surface area contributed by atoms with Crippen LogP contribution in [0.1, 0.15) is 117 Å². The van der Waals surface area contributed by atoms with Gasteiger partial charge < -0.3 is 74.3 Å². The highest BCUT2D eigenvalue weighted by Crippen LogP contribution is 2.29. The number of nitrogens with one attached hydrogen (secondary N) is 3. The van der Waals surface area contributed by atoms with Crippen LogP contribution < -0.4 is 16.0 Å². The summed E-state index contributed by atoms with van der Waals surface area (Å²) in [5, 5.41) is 48.7. The lowest BCUT2D eigenvalue weighted by molar-refractivity contribution is -0.272. The van der Waals surface area contributed by atoms with Gasteiger partial charge in [-0.05, 0) is 71.1 Å². The van der Waals surface area contributed by atoms with Crippen molar-refractivity contribution in [3.63, 3.8) is 0 Å². The molecule has 21 nitrogen and oxygen atoms in total. The van der Waals surface area contributed by atoms with Crippen molar-refractivity contribution in [2.75, 3.05) is 93.0 Å². The fourth-order valence-corrected chi connectivity index (χ4v) is 8.24. The van der Waals surface area contributed by atoms with Crippen molar-refractivity contribution in [3.05, 3.63) is 0 Å². The van der Waals surface area contributed by atoms with Gasteiger partial charge in [0.2, 0.25) is 17.7 Å². The first kappa shape index (κ1) is 61.1. The van der Waals surface area contributed by atoms with E-state index in [4.69, 9.17) is 37.9 Å². The average Bonchev–Trinajstić information content (AvgIpc) is 3.64. The van der Waals surface area contributed by atoms with Gasteiger partial charge in [-0.25, -0.2) is 0 Å². The first-order valence-corrected chi connectivity index (χ1v) is 24.4. The first-order valence-electron chi connectivity index (χ1n) is 24.4. The van der Waals surface area contributed by atoms with Crippen LogP contribution >= 0.6 is 0 Å². The molecule has 4 unspecified atom stereocenters. The number of aliphatic hydroxyl groups excluding tert-OH is 4. The van der Waals surface area contributed by atoms with Crippen molar-refractivity contribution in [1.29, 1.82) is 0 Å². The minimum absolute atomic E-state index is 0.0331. The number of methoxy groups -OCH3 is 1. The molecule has 0 radical (unpaired) electrons. The largest absolute Gasteiger partial charge is 0.394 e. The molecule has 0 bridgehead atoms. The van der Waals surface area contributed by atoms with Crippen LogP contribution in [0.5, 0.6) is 0 Å². The Hall–Kier alpha value is -3.06. The number of ether oxygens (including phenoxy) is 8. The van der Waals surface area contributed by atoms with E-state index in [1.807, 2.05) is 13.8 Å². The highest BCUT2D eigenvalue weighted by Gasteiger charge is 2.45. The molecule has 0 spiro atoms. The Morgan fingerprint density at radius 1 is 0.632 bits per heavy atom. The highest BCUT2D eigenvalue weighted by atomic mass is 16.7. The quantitative estimate of drug-likeness (QED) is 0.0326. The Morgan fingerprint density at radius 2 is 1.13 bits per heavy atom. The molecule has 394 valence electrons. The third-order valence-corrected chi connectivity index (χ3v) is 11.9. The topological polar surface area (TPSA) is 293 Å². The fraction of sp³-hybridized carbons (Fsp3) is 0.872.